The van der Waals surface area contributed by atoms with Crippen molar-refractivity contribution in [1.82, 2.24) is 0 Å². The van der Waals surface area contributed by atoms with Crippen molar-refractivity contribution >= 4 is 0 Å². The van der Waals surface area contributed by atoms with Crippen LogP contribution >= 0.6 is 0 Å². The molecule has 20 heavy (non-hydrogen) atoms. The molecule has 2 unspecified atom stereocenters. The Bertz CT molecular complexity index is 484. The maximum Gasteiger partial charge on any atom is 0.124 e. The number of nitriles is 1. The third kappa shape index (κ3) is 4.03. The minimum atomic E-state index is -0.389. The van der Waals surface area contributed by atoms with Gasteiger partial charge in [0.1, 0.15) is 5.82 Å². The third-order valence-corrected chi connectivity index (χ3v) is 4.06. The van der Waals surface area contributed by atoms with Gasteiger partial charge in [-0.25, -0.2) is 4.39 Å². The molecule has 0 spiro atoms. The first-order valence-corrected chi connectivity index (χ1v) is 7.20. The van der Waals surface area contributed by atoms with Crippen LogP contribution in [0.15, 0.2) is 18.2 Å². The van der Waals surface area contributed by atoms with Crippen molar-refractivity contribution in [2.75, 3.05) is 13.2 Å². The van der Waals surface area contributed by atoms with Crippen LogP contribution in [0.2, 0.25) is 0 Å². The summed E-state index contributed by atoms with van der Waals surface area (Å²) in [7, 11) is 0. The molecule has 3 nitrogen and oxygen atoms in total. The summed E-state index contributed by atoms with van der Waals surface area (Å²) in [6, 6.07) is 6.27. The lowest BCUT2D eigenvalue weighted by Crippen LogP contribution is -2.29. The molecule has 0 aliphatic heterocycles. The number of benzene rings is 1. The van der Waals surface area contributed by atoms with Crippen molar-refractivity contribution in [2.45, 2.75) is 32.3 Å². The molecule has 0 heterocycles. The number of hydrogen-bond donors (Lipinski definition) is 1. The number of nitrogens with zero attached hydrogens (tertiary/aromatic N) is 1. The summed E-state index contributed by atoms with van der Waals surface area (Å²) in [6.45, 7) is 1.73. The molecule has 0 saturated heterocycles. The van der Waals surface area contributed by atoms with Crippen molar-refractivity contribution in [3.63, 3.8) is 0 Å². The largest absolute Gasteiger partial charge is 0.376 e. The van der Waals surface area contributed by atoms with Gasteiger partial charge in [-0.3, -0.25) is 0 Å². The SMILES string of the molecule is N#Cc1cc(F)cc(COCC2CCCCC2CN)c1. The topological polar surface area (TPSA) is 59.0 Å². The van der Waals surface area contributed by atoms with Gasteiger partial charge in [0.25, 0.3) is 0 Å². The first-order valence-electron chi connectivity index (χ1n) is 7.20. The third-order valence-electron chi connectivity index (χ3n) is 4.06. The molecular formula is C16H21FN2O. The predicted molar refractivity (Wildman–Crippen MR) is 75.3 cm³/mol. The highest BCUT2D eigenvalue weighted by molar-refractivity contribution is 5.33. The van der Waals surface area contributed by atoms with Gasteiger partial charge in [-0.15, -0.1) is 0 Å². The molecule has 2 atom stereocenters. The van der Waals surface area contributed by atoms with E-state index >= 15 is 0 Å². The van der Waals surface area contributed by atoms with Gasteiger partial charge in [0, 0.05) is 0 Å². The molecule has 1 aromatic carbocycles. The maximum absolute atomic E-state index is 13.3. The molecule has 0 bridgehead atoms. The highest BCUT2D eigenvalue weighted by atomic mass is 19.1. The van der Waals surface area contributed by atoms with Crippen LogP contribution in [-0.4, -0.2) is 13.2 Å². The Balaban J connectivity index is 1.86. The number of halogens is 1. The maximum atomic E-state index is 13.3. The van der Waals surface area contributed by atoms with E-state index in [1.165, 1.54) is 31.4 Å². The lowest BCUT2D eigenvalue weighted by Gasteiger charge is -2.30. The van der Waals surface area contributed by atoms with Crippen molar-refractivity contribution in [1.29, 1.82) is 5.26 Å². The minimum absolute atomic E-state index is 0.334. The Morgan fingerprint density at radius 1 is 1.25 bits per heavy atom. The van der Waals surface area contributed by atoms with Crippen LogP contribution in [0.5, 0.6) is 0 Å². The van der Waals surface area contributed by atoms with Crippen LogP contribution in [-0.2, 0) is 11.3 Å². The predicted octanol–water partition coefficient (Wildman–Crippen LogP) is 2.98. The molecule has 1 saturated carbocycles. The molecule has 2 rings (SSSR count). The summed E-state index contributed by atoms with van der Waals surface area (Å²) in [5.74, 6) is 0.670. The van der Waals surface area contributed by atoms with Gasteiger partial charge in [0.15, 0.2) is 0 Å². The van der Waals surface area contributed by atoms with Gasteiger partial charge >= 0.3 is 0 Å². The van der Waals surface area contributed by atoms with Crippen molar-refractivity contribution in [3.8, 4) is 6.07 Å². The van der Waals surface area contributed by atoms with Crippen LogP contribution in [0, 0.1) is 29.0 Å². The second kappa shape index (κ2) is 7.37. The van der Waals surface area contributed by atoms with Crippen LogP contribution in [0.4, 0.5) is 4.39 Å². The molecule has 1 aliphatic rings. The zero-order chi connectivity index (χ0) is 14.4. The summed E-state index contributed by atoms with van der Waals surface area (Å²) in [5, 5.41) is 8.81. The van der Waals surface area contributed by atoms with E-state index in [2.05, 4.69) is 0 Å². The fraction of sp³-hybridized carbons (Fsp3) is 0.562. The zero-order valence-electron chi connectivity index (χ0n) is 11.6. The average molecular weight is 276 g/mol. The van der Waals surface area contributed by atoms with Crippen LogP contribution in [0.3, 0.4) is 0 Å². The summed E-state index contributed by atoms with van der Waals surface area (Å²) >= 11 is 0. The summed E-state index contributed by atoms with van der Waals surface area (Å²) in [6.07, 6.45) is 4.84. The van der Waals surface area contributed by atoms with Crippen molar-refractivity contribution in [3.05, 3.63) is 35.1 Å². The van der Waals surface area contributed by atoms with E-state index in [-0.39, 0.29) is 5.82 Å². The van der Waals surface area contributed by atoms with Gasteiger partial charge < -0.3 is 10.5 Å². The Labute approximate surface area is 119 Å². The fourth-order valence-electron chi connectivity index (χ4n) is 2.94. The Hall–Kier alpha value is -1.44. The van der Waals surface area contributed by atoms with E-state index in [4.69, 9.17) is 15.7 Å². The molecule has 0 aromatic heterocycles. The van der Waals surface area contributed by atoms with Crippen LogP contribution in [0.25, 0.3) is 0 Å². The van der Waals surface area contributed by atoms with Gasteiger partial charge in [0.05, 0.1) is 24.8 Å². The highest BCUT2D eigenvalue weighted by Gasteiger charge is 2.23. The normalized spacial score (nSPS) is 22.4. The zero-order valence-corrected chi connectivity index (χ0v) is 11.6. The minimum Gasteiger partial charge on any atom is -0.376 e. The molecule has 108 valence electrons. The van der Waals surface area contributed by atoms with Gasteiger partial charge in [-0.2, -0.15) is 5.26 Å². The highest BCUT2D eigenvalue weighted by Crippen LogP contribution is 2.29. The van der Waals surface area contributed by atoms with Gasteiger partial charge in [0.2, 0.25) is 0 Å². The summed E-state index contributed by atoms with van der Waals surface area (Å²) in [5.41, 5.74) is 6.84. The summed E-state index contributed by atoms with van der Waals surface area (Å²) in [4.78, 5) is 0. The first kappa shape index (κ1) is 15.0. The molecule has 0 radical (unpaired) electrons. The van der Waals surface area contributed by atoms with Crippen LogP contribution in [0.1, 0.15) is 36.8 Å². The number of hydrogen-bond acceptors (Lipinski definition) is 3. The second-order valence-electron chi connectivity index (χ2n) is 5.52. The standard InChI is InChI=1S/C16H21FN2O/c17-16-6-12(8-18)5-13(7-16)10-20-11-15-4-2-1-3-14(15)9-19/h5-7,14-15H,1-4,9-11,19H2. The molecule has 0 amide bonds. The van der Waals surface area contributed by atoms with E-state index < -0.39 is 0 Å². The van der Waals surface area contributed by atoms with E-state index in [0.717, 1.165) is 6.42 Å². The molecule has 1 aliphatic carbocycles. The molecule has 1 fully saturated rings. The lowest BCUT2D eigenvalue weighted by molar-refractivity contribution is 0.0511. The number of ether oxygens (including phenoxy) is 1. The average Bonchev–Trinajstić information content (AvgIpc) is 2.47. The Kier molecular flexibility index (Phi) is 5.51. The Morgan fingerprint density at radius 3 is 2.70 bits per heavy atom. The quantitative estimate of drug-likeness (QED) is 0.899. The van der Waals surface area contributed by atoms with Gasteiger partial charge in [-0.05, 0) is 55.0 Å². The number of nitrogens with two attached hydrogens (primary N) is 1. The number of rotatable bonds is 5. The molecule has 4 heteroatoms. The van der Waals surface area contributed by atoms with Crippen molar-refractivity contribution < 1.29 is 9.13 Å². The van der Waals surface area contributed by atoms with Crippen molar-refractivity contribution in [2.24, 2.45) is 17.6 Å². The first-order chi connectivity index (χ1) is 9.72. The second-order valence-corrected chi connectivity index (χ2v) is 5.52. The fourth-order valence-corrected chi connectivity index (χ4v) is 2.94. The van der Waals surface area contributed by atoms with E-state index in [9.17, 15) is 4.39 Å². The lowest BCUT2D eigenvalue weighted by atomic mass is 9.80. The van der Waals surface area contributed by atoms with E-state index in [1.54, 1.807) is 6.07 Å². The molecular weight excluding hydrogens is 255 g/mol. The smallest absolute Gasteiger partial charge is 0.124 e. The molecule has 2 N–H and O–H groups in total. The van der Waals surface area contributed by atoms with Crippen LogP contribution < -0.4 is 5.73 Å². The van der Waals surface area contributed by atoms with Gasteiger partial charge in [-0.1, -0.05) is 12.8 Å². The van der Waals surface area contributed by atoms with E-state index in [0.29, 0.717) is 42.7 Å². The molecule has 1 aromatic rings. The monoisotopic (exact) mass is 276 g/mol. The Morgan fingerprint density at radius 2 is 2.00 bits per heavy atom. The summed E-state index contributed by atoms with van der Waals surface area (Å²) < 4.78 is 19.0. The van der Waals surface area contributed by atoms with E-state index in [1.807, 2.05) is 6.07 Å².